The van der Waals surface area contributed by atoms with Gasteiger partial charge in [-0.05, 0) is 44.4 Å². The van der Waals surface area contributed by atoms with Crippen LogP contribution in [0.15, 0.2) is 12.7 Å². The molecule has 0 amide bonds. The minimum atomic E-state index is 0.0773. The first-order valence-electron chi connectivity index (χ1n) is 6.17. The lowest BCUT2D eigenvalue weighted by Crippen LogP contribution is -2.22. The number of rotatable bonds is 7. The van der Waals surface area contributed by atoms with Gasteiger partial charge in [-0.2, -0.15) is 0 Å². The van der Waals surface area contributed by atoms with E-state index < -0.39 is 0 Å². The summed E-state index contributed by atoms with van der Waals surface area (Å²) >= 11 is 0. The van der Waals surface area contributed by atoms with E-state index in [1.54, 1.807) is 0 Å². The fourth-order valence-corrected chi connectivity index (χ4v) is 1.89. The molecule has 1 rings (SSSR count). The molecule has 0 aromatic carbocycles. The van der Waals surface area contributed by atoms with Crippen LogP contribution < -0.4 is 0 Å². The molecule has 1 aliphatic heterocycles. The van der Waals surface area contributed by atoms with E-state index >= 15 is 0 Å². The lowest BCUT2D eigenvalue weighted by molar-refractivity contribution is -0.163. The summed E-state index contributed by atoms with van der Waals surface area (Å²) in [7, 11) is 0. The number of hydrogen-bond donors (Lipinski definition) is 0. The van der Waals surface area contributed by atoms with Gasteiger partial charge in [0.25, 0.3) is 0 Å². The second kappa shape index (κ2) is 7.89. The Balaban J connectivity index is 1.93. The van der Waals surface area contributed by atoms with E-state index in [-0.39, 0.29) is 6.29 Å². The Kier molecular flexibility index (Phi) is 6.69. The van der Waals surface area contributed by atoms with E-state index in [0.29, 0.717) is 0 Å². The van der Waals surface area contributed by atoms with Gasteiger partial charge in [0.05, 0.1) is 0 Å². The predicted molar refractivity (Wildman–Crippen MR) is 62.8 cm³/mol. The van der Waals surface area contributed by atoms with Crippen molar-refractivity contribution in [2.24, 2.45) is 5.92 Å². The molecular formula is C13H24O2. The smallest absolute Gasteiger partial charge is 0.157 e. The number of ether oxygens (including phenoxy) is 2. The maximum absolute atomic E-state index is 5.66. The normalized spacial score (nSPS) is 23.7. The van der Waals surface area contributed by atoms with E-state index in [2.05, 4.69) is 13.5 Å². The largest absolute Gasteiger partial charge is 0.353 e. The first kappa shape index (κ1) is 12.7. The Morgan fingerprint density at radius 1 is 1.53 bits per heavy atom. The SMILES string of the molecule is C=CCC(C)CCCOC1CCCCO1. The van der Waals surface area contributed by atoms with Crippen molar-refractivity contribution in [3.8, 4) is 0 Å². The predicted octanol–water partition coefficient (Wildman–Crippen LogP) is 3.52. The van der Waals surface area contributed by atoms with Gasteiger partial charge in [0.1, 0.15) is 0 Å². The maximum atomic E-state index is 5.66. The second-order valence-electron chi connectivity index (χ2n) is 4.44. The lowest BCUT2D eigenvalue weighted by atomic mass is 10.0. The average molecular weight is 212 g/mol. The standard InChI is InChI=1S/C13H24O2/c1-3-7-12(2)8-6-11-15-13-9-4-5-10-14-13/h3,12-13H,1,4-11H2,2H3. The molecule has 0 aliphatic carbocycles. The summed E-state index contributed by atoms with van der Waals surface area (Å²) in [6.07, 6.45) is 9.05. The summed E-state index contributed by atoms with van der Waals surface area (Å²) in [6.45, 7) is 7.73. The summed E-state index contributed by atoms with van der Waals surface area (Å²) in [6, 6.07) is 0. The molecule has 0 N–H and O–H groups in total. The summed E-state index contributed by atoms with van der Waals surface area (Å²) in [5.74, 6) is 0.735. The zero-order valence-electron chi connectivity index (χ0n) is 9.91. The van der Waals surface area contributed by atoms with Crippen molar-refractivity contribution < 1.29 is 9.47 Å². The van der Waals surface area contributed by atoms with Gasteiger partial charge in [-0.25, -0.2) is 0 Å². The minimum absolute atomic E-state index is 0.0773. The highest BCUT2D eigenvalue weighted by atomic mass is 16.7. The van der Waals surface area contributed by atoms with Gasteiger partial charge >= 0.3 is 0 Å². The minimum Gasteiger partial charge on any atom is -0.353 e. The Bertz CT molecular complexity index is 162. The van der Waals surface area contributed by atoms with Gasteiger partial charge in [-0.3, -0.25) is 0 Å². The number of allylic oxidation sites excluding steroid dienone is 1. The van der Waals surface area contributed by atoms with Crippen LogP contribution in [0.25, 0.3) is 0 Å². The molecule has 2 nitrogen and oxygen atoms in total. The van der Waals surface area contributed by atoms with Crippen LogP contribution in [0.4, 0.5) is 0 Å². The van der Waals surface area contributed by atoms with Crippen LogP contribution in [-0.2, 0) is 9.47 Å². The van der Waals surface area contributed by atoms with Crippen molar-refractivity contribution >= 4 is 0 Å². The molecule has 0 aromatic heterocycles. The fourth-order valence-electron chi connectivity index (χ4n) is 1.89. The van der Waals surface area contributed by atoms with Crippen LogP contribution in [-0.4, -0.2) is 19.5 Å². The third-order valence-corrected chi connectivity index (χ3v) is 2.85. The number of hydrogen-bond acceptors (Lipinski definition) is 2. The van der Waals surface area contributed by atoms with Gasteiger partial charge in [0.2, 0.25) is 0 Å². The van der Waals surface area contributed by atoms with Gasteiger partial charge < -0.3 is 9.47 Å². The third kappa shape index (κ3) is 5.95. The van der Waals surface area contributed by atoms with Crippen molar-refractivity contribution in [2.45, 2.75) is 51.7 Å². The molecule has 0 bridgehead atoms. The zero-order chi connectivity index (χ0) is 10.9. The zero-order valence-corrected chi connectivity index (χ0v) is 9.91. The molecule has 0 spiro atoms. The van der Waals surface area contributed by atoms with Crippen molar-refractivity contribution in [2.75, 3.05) is 13.2 Å². The van der Waals surface area contributed by atoms with Gasteiger partial charge in [-0.1, -0.05) is 13.0 Å². The second-order valence-corrected chi connectivity index (χ2v) is 4.44. The molecule has 0 saturated carbocycles. The van der Waals surface area contributed by atoms with E-state index in [1.165, 1.54) is 19.3 Å². The highest BCUT2D eigenvalue weighted by molar-refractivity contribution is 4.70. The van der Waals surface area contributed by atoms with Crippen molar-refractivity contribution in [1.82, 2.24) is 0 Å². The summed E-state index contributed by atoms with van der Waals surface area (Å²) in [4.78, 5) is 0. The molecule has 0 aromatic rings. The molecule has 2 atom stereocenters. The van der Waals surface area contributed by atoms with Crippen LogP contribution in [0.3, 0.4) is 0 Å². The highest BCUT2D eigenvalue weighted by Gasteiger charge is 2.13. The van der Waals surface area contributed by atoms with Crippen molar-refractivity contribution in [1.29, 1.82) is 0 Å². The molecule has 2 heteroatoms. The van der Waals surface area contributed by atoms with E-state index in [1.807, 2.05) is 6.08 Å². The molecule has 1 aliphatic rings. The molecule has 0 radical (unpaired) electrons. The first-order valence-corrected chi connectivity index (χ1v) is 6.17. The Hall–Kier alpha value is -0.340. The molecule has 1 fully saturated rings. The van der Waals surface area contributed by atoms with Crippen LogP contribution in [0.5, 0.6) is 0 Å². The molecular weight excluding hydrogens is 188 g/mol. The summed E-state index contributed by atoms with van der Waals surface area (Å²) < 4.78 is 11.2. The van der Waals surface area contributed by atoms with Crippen LogP contribution in [0.1, 0.15) is 45.4 Å². The molecule has 2 unspecified atom stereocenters. The Labute approximate surface area is 93.7 Å². The molecule has 88 valence electrons. The quantitative estimate of drug-likeness (QED) is 0.475. The van der Waals surface area contributed by atoms with Gasteiger partial charge in [-0.15, -0.1) is 6.58 Å². The van der Waals surface area contributed by atoms with E-state index in [9.17, 15) is 0 Å². The third-order valence-electron chi connectivity index (χ3n) is 2.85. The average Bonchev–Trinajstić information content (AvgIpc) is 2.26. The molecule has 1 heterocycles. The Morgan fingerprint density at radius 3 is 3.07 bits per heavy atom. The van der Waals surface area contributed by atoms with Crippen molar-refractivity contribution in [3.63, 3.8) is 0 Å². The van der Waals surface area contributed by atoms with Gasteiger partial charge in [0.15, 0.2) is 6.29 Å². The topological polar surface area (TPSA) is 18.5 Å². The van der Waals surface area contributed by atoms with Crippen molar-refractivity contribution in [3.05, 3.63) is 12.7 Å². The molecule has 1 saturated heterocycles. The van der Waals surface area contributed by atoms with Crippen LogP contribution in [0, 0.1) is 5.92 Å². The summed E-state index contributed by atoms with van der Waals surface area (Å²) in [5.41, 5.74) is 0. The fraction of sp³-hybridized carbons (Fsp3) is 0.846. The van der Waals surface area contributed by atoms with Gasteiger partial charge in [0, 0.05) is 13.2 Å². The van der Waals surface area contributed by atoms with Crippen LogP contribution in [0.2, 0.25) is 0 Å². The summed E-state index contributed by atoms with van der Waals surface area (Å²) in [5, 5.41) is 0. The Morgan fingerprint density at radius 2 is 2.40 bits per heavy atom. The maximum Gasteiger partial charge on any atom is 0.157 e. The first-order chi connectivity index (χ1) is 7.33. The van der Waals surface area contributed by atoms with E-state index in [0.717, 1.165) is 38.4 Å². The van der Waals surface area contributed by atoms with Crippen LogP contribution >= 0.6 is 0 Å². The highest BCUT2D eigenvalue weighted by Crippen LogP contribution is 2.15. The lowest BCUT2D eigenvalue weighted by Gasteiger charge is -2.22. The van der Waals surface area contributed by atoms with E-state index in [4.69, 9.17) is 9.47 Å². The molecule has 15 heavy (non-hydrogen) atoms. The monoisotopic (exact) mass is 212 g/mol.